The van der Waals surface area contributed by atoms with Crippen molar-refractivity contribution in [3.8, 4) is 11.8 Å². The number of rotatable bonds is 10. The van der Waals surface area contributed by atoms with Crippen LogP contribution in [0.3, 0.4) is 0 Å². The van der Waals surface area contributed by atoms with Gasteiger partial charge in [-0.15, -0.1) is 0 Å². The molecule has 0 radical (unpaired) electrons. The molecule has 9 heteroatoms. The summed E-state index contributed by atoms with van der Waals surface area (Å²) in [6.07, 6.45) is 7.23. The number of benzene rings is 1. The molecule has 4 rings (SSSR count). The van der Waals surface area contributed by atoms with Gasteiger partial charge in [0, 0.05) is 37.5 Å². The Hall–Kier alpha value is -4.32. The Kier molecular flexibility index (Phi) is 8.19. The number of pyridine rings is 1. The Labute approximate surface area is 209 Å². The van der Waals surface area contributed by atoms with Crippen molar-refractivity contribution < 1.29 is 14.0 Å². The van der Waals surface area contributed by atoms with Crippen LogP contribution in [0.5, 0.6) is 0 Å². The van der Waals surface area contributed by atoms with E-state index in [0.29, 0.717) is 53.5 Å². The highest BCUT2D eigenvalue weighted by atomic mass is 19.1. The van der Waals surface area contributed by atoms with E-state index in [-0.39, 0.29) is 11.8 Å². The first-order valence-electron chi connectivity index (χ1n) is 12.0. The van der Waals surface area contributed by atoms with Crippen LogP contribution in [-0.4, -0.2) is 44.8 Å². The summed E-state index contributed by atoms with van der Waals surface area (Å²) < 4.78 is 13.4. The van der Waals surface area contributed by atoms with Gasteiger partial charge in [0.1, 0.15) is 5.82 Å². The molecule has 1 aliphatic rings. The average Bonchev–Trinajstić information content (AvgIpc) is 3.12. The highest BCUT2D eigenvalue weighted by Gasteiger charge is 2.34. The lowest BCUT2D eigenvalue weighted by Gasteiger charge is -2.12. The Morgan fingerprint density at radius 3 is 2.53 bits per heavy atom. The van der Waals surface area contributed by atoms with Crippen LogP contribution in [-0.2, 0) is 0 Å². The number of hydrogen-bond donors (Lipinski definition) is 2. The molecule has 184 valence electrons. The second-order valence-electron chi connectivity index (χ2n) is 8.29. The fourth-order valence-corrected chi connectivity index (χ4v) is 3.78. The minimum Gasteiger partial charge on any atom is -0.369 e. The number of unbranched alkanes of at least 4 members (excludes halogenated alkanes) is 3. The maximum Gasteiger partial charge on any atom is 0.261 e. The van der Waals surface area contributed by atoms with Crippen LogP contribution >= 0.6 is 0 Å². The molecular weight excluding hydrogens is 459 g/mol. The van der Waals surface area contributed by atoms with Crippen molar-refractivity contribution in [1.29, 1.82) is 0 Å². The number of imide groups is 1. The van der Waals surface area contributed by atoms with E-state index in [4.69, 9.17) is 0 Å². The lowest BCUT2D eigenvalue weighted by Crippen LogP contribution is -2.30. The number of carbonyl (C=O) groups excluding carboxylic acids is 2. The molecule has 0 saturated heterocycles. The molecule has 0 spiro atoms. The molecule has 2 aromatic heterocycles. The van der Waals surface area contributed by atoms with E-state index >= 15 is 0 Å². The number of halogens is 1. The first-order valence-corrected chi connectivity index (χ1v) is 12.0. The molecule has 0 unspecified atom stereocenters. The summed E-state index contributed by atoms with van der Waals surface area (Å²) >= 11 is 0. The minimum atomic E-state index is -0.596. The summed E-state index contributed by atoms with van der Waals surface area (Å²) in [6.45, 7) is 3.19. The Morgan fingerprint density at radius 1 is 1.03 bits per heavy atom. The average molecular weight is 487 g/mol. The van der Waals surface area contributed by atoms with Crippen LogP contribution in [0.25, 0.3) is 0 Å². The van der Waals surface area contributed by atoms with E-state index < -0.39 is 5.95 Å². The standard InChI is InChI=1S/C27H27FN6O2/c1-2-3-8-14-30-24-19(18-31-27(33-24)32-20-13-15-29-23(28)17-20)10-5-4-9-16-34-25(35)21-11-6-7-12-22(21)26(34)36/h6-7,11-13,15,17-18H,2-4,8-9,14,16H2,1H3,(H2,29,30,31,32,33). The summed E-state index contributed by atoms with van der Waals surface area (Å²) in [5.74, 6) is 5.99. The molecule has 0 bridgehead atoms. The third-order valence-corrected chi connectivity index (χ3v) is 5.63. The zero-order chi connectivity index (χ0) is 25.3. The van der Waals surface area contributed by atoms with Gasteiger partial charge in [-0.25, -0.2) is 9.97 Å². The Bertz CT molecular complexity index is 1280. The lowest BCUT2D eigenvalue weighted by molar-refractivity contribution is 0.0653. The number of amides is 2. The molecule has 36 heavy (non-hydrogen) atoms. The van der Waals surface area contributed by atoms with Crippen molar-refractivity contribution in [3.05, 3.63) is 71.4 Å². The molecule has 0 atom stereocenters. The molecule has 2 amide bonds. The monoisotopic (exact) mass is 486 g/mol. The summed E-state index contributed by atoms with van der Waals surface area (Å²) in [5, 5.41) is 6.29. The third-order valence-electron chi connectivity index (χ3n) is 5.63. The van der Waals surface area contributed by atoms with Gasteiger partial charge in [-0.3, -0.25) is 14.5 Å². The maximum absolute atomic E-state index is 13.4. The molecular formula is C27H27FN6O2. The lowest BCUT2D eigenvalue weighted by atomic mass is 10.1. The van der Waals surface area contributed by atoms with Crippen LogP contribution in [0.15, 0.2) is 48.8 Å². The zero-order valence-corrected chi connectivity index (χ0v) is 20.1. The van der Waals surface area contributed by atoms with Crippen molar-refractivity contribution in [1.82, 2.24) is 19.9 Å². The first kappa shape index (κ1) is 24.8. The molecule has 0 saturated carbocycles. The fraction of sp³-hybridized carbons (Fsp3) is 0.296. The maximum atomic E-state index is 13.4. The van der Waals surface area contributed by atoms with E-state index in [2.05, 4.69) is 44.4 Å². The molecule has 1 aliphatic heterocycles. The second-order valence-corrected chi connectivity index (χ2v) is 8.29. The smallest absolute Gasteiger partial charge is 0.261 e. The molecule has 2 N–H and O–H groups in total. The van der Waals surface area contributed by atoms with Crippen LogP contribution < -0.4 is 10.6 Å². The van der Waals surface area contributed by atoms with Crippen LogP contribution in [0.4, 0.5) is 21.8 Å². The van der Waals surface area contributed by atoms with Gasteiger partial charge >= 0.3 is 0 Å². The summed E-state index contributed by atoms with van der Waals surface area (Å²) in [7, 11) is 0. The van der Waals surface area contributed by atoms with Gasteiger partial charge in [0.25, 0.3) is 11.8 Å². The van der Waals surface area contributed by atoms with Crippen molar-refractivity contribution in [2.75, 3.05) is 23.7 Å². The molecule has 0 fully saturated rings. The summed E-state index contributed by atoms with van der Waals surface area (Å²) in [5.41, 5.74) is 2.03. The first-order chi connectivity index (χ1) is 17.6. The van der Waals surface area contributed by atoms with Crippen molar-refractivity contribution in [2.24, 2.45) is 0 Å². The van der Waals surface area contributed by atoms with Gasteiger partial charge in [0.15, 0.2) is 0 Å². The SMILES string of the molecule is CCCCCNc1nc(Nc2ccnc(F)c2)ncc1C#CCCCN1C(=O)c2ccccc2C1=O. The largest absolute Gasteiger partial charge is 0.369 e. The van der Waals surface area contributed by atoms with Gasteiger partial charge in [-0.1, -0.05) is 43.7 Å². The molecule has 1 aromatic carbocycles. The fourth-order valence-electron chi connectivity index (χ4n) is 3.78. The van der Waals surface area contributed by atoms with Gasteiger partial charge in [0.2, 0.25) is 11.9 Å². The van der Waals surface area contributed by atoms with Crippen LogP contribution in [0.1, 0.15) is 65.3 Å². The van der Waals surface area contributed by atoms with E-state index in [1.54, 1.807) is 36.5 Å². The van der Waals surface area contributed by atoms with Crippen molar-refractivity contribution in [2.45, 2.75) is 39.0 Å². The van der Waals surface area contributed by atoms with Gasteiger partial charge < -0.3 is 10.6 Å². The Morgan fingerprint density at radius 2 is 1.81 bits per heavy atom. The molecule has 8 nitrogen and oxygen atoms in total. The number of aromatic nitrogens is 3. The van der Waals surface area contributed by atoms with Gasteiger partial charge in [-0.2, -0.15) is 9.37 Å². The molecule has 3 aromatic rings. The van der Waals surface area contributed by atoms with E-state index in [1.165, 1.54) is 17.2 Å². The number of anilines is 3. The number of nitrogens with zero attached hydrogens (tertiary/aromatic N) is 4. The number of carbonyl (C=O) groups is 2. The predicted molar refractivity (Wildman–Crippen MR) is 135 cm³/mol. The third kappa shape index (κ3) is 6.02. The van der Waals surface area contributed by atoms with Crippen molar-refractivity contribution >= 4 is 29.3 Å². The minimum absolute atomic E-state index is 0.257. The highest BCUT2D eigenvalue weighted by molar-refractivity contribution is 6.21. The second kappa shape index (κ2) is 11.9. The number of nitrogens with one attached hydrogen (secondary N) is 2. The van der Waals surface area contributed by atoms with Crippen LogP contribution in [0.2, 0.25) is 0 Å². The number of hydrogen-bond acceptors (Lipinski definition) is 7. The quantitative estimate of drug-likeness (QED) is 0.184. The molecule has 0 aliphatic carbocycles. The van der Waals surface area contributed by atoms with E-state index in [1.807, 2.05) is 0 Å². The zero-order valence-electron chi connectivity index (χ0n) is 20.1. The van der Waals surface area contributed by atoms with Gasteiger partial charge in [0.05, 0.1) is 22.9 Å². The van der Waals surface area contributed by atoms with E-state index in [9.17, 15) is 14.0 Å². The molecule has 3 heterocycles. The number of fused-ring (bicyclic) bond motifs is 1. The summed E-state index contributed by atoms with van der Waals surface area (Å²) in [6, 6.07) is 9.75. The highest BCUT2D eigenvalue weighted by Crippen LogP contribution is 2.23. The normalized spacial score (nSPS) is 12.2. The van der Waals surface area contributed by atoms with E-state index in [0.717, 1.165) is 25.8 Å². The predicted octanol–water partition coefficient (Wildman–Crippen LogP) is 4.78. The Balaban J connectivity index is 1.39. The van der Waals surface area contributed by atoms with Crippen molar-refractivity contribution in [3.63, 3.8) is 0 Å². The van der Waals surface area contributed by atoms with Gasteiger partial charge in [-0.05, 0) is 31.0 Å². The topological polar surface area (TPSA) is 100 Å². The summed E-state index contributed by atoms with van der Waals surface area (Å²) in [4.78, 5) is 38.6. The van der Waals surface area contributed by atoms with Crippen LogP contribution in [0, 0.1) is 17.8 Å².